The molecule has 0 amide bonds. The summed E-state index contributed by atoms with van der Waals surface area (Å²) in [5.74, 6) is 1.00. The van der Waals surface area contributed by atoms with Gasteiger partial charge in [-0.25, -0.2) is 5.06 Å². The van der Waals surface area contributed by atoms with Crippen molar-refractivity contribution in [1.82, 2.24) is 0 Å². The van der Waals surface area contributed by atoms with Crippen molar-refractivity contribution in [2.45, 2.75) is 13.3 Å². The molecule has 0 spiro atoms. The number of allylic oxidation sites excluding steroid dienone is 1. The summed E-state index contributed by atoms with van der Waals surface area (Å²) in [6.45, 7) is 2.80. The standard InChI is InChI=1S/C18H16BrNO2/c1-2-17-11-12-20(22-17)16-9-5-14(6-10-16)18(21)13-3-7-15(19)8-4-13/h3-11H,2,12H2,1H3. The smallest absolute Gasteiger partial charge is 0.193 e. The fourth-order valence-electron chi connectivity index (χ4n) is 2.31. The average Bonchev–Trinajstić information content (AvgIpc) is 3.04. The van der Waals surface area contributed by atoms with E-state index in [4.69, 9.17) is 4.84 Å². The van der Waals surface area contributed by atoms with Gasteiger partial charge in [0.1, 0.15) is 5.76 Å². The van der Waals surface area contributed by atoms with Crippen LogP contribution in [-0.2, 0) is 4.84 Å². The van der Waals surface area contributed by atoms with Gasteiger partial charge >= 0.3 is 0 Å². The lowest BCUT2D eigenvalue weighted by atomic mass is 10.0. The van der Waals surface area contributed by atoms with E-state index >= 15 is 0 Å². The third-order valence-electron chi connectivity index (χ3n) is 3.58. The molecule has 0 unspecified atom stereocenters. The molecule has 1 heterocycles. The van der Waals surface area contributed by atoms with E-state index in [0.29, 0.717) is 11.1 Å². The number of ketones is 1. The van der Waals surface area contributed by atoms with Gasteiger partial charge in [-0.15, -0.1) is 0 Å². The lowest BCUT2D eigenvalue weighted by molar-refractivity contribution is 0.103. The van der Waals surface area contributed by atoms with Gasteiger partial charge in [0, 0.05) is 22.0 Å². The second-order valence-electron chi connectivity index (χ2n) is 5.06. The number of carbonyl (C=O) groups is 1. The topological polar surface area (TPSA) is 29.5 Å². The van der Waals surface area contributed by atoms with Gasteiger partial charge in [0.2, 0.25) is 0 Å². The third kappa shape index (κ3) is 3.07. The summed E-state index contributed by atoms with van der Waals surface area (Å²) in [6.07, 6.45) is 2.96. The molecule has 4 heteroatoms. The van der Waals surface area contributed by atoms with E-state index in [1.165, 1.54) is 0 Å². The summed E-state index contributed by atoms with van der Waals surface area (Å²) in [5.41, 5.74) is 2.31. The second-order valence-corrected chi connectivity index (χ2v) is 5.97. The van der Waals surface area contributed by atoms with Gasteiger partial charge in [0.05, 0.1) is 12.2 Å². The number of benzene rings is 2. The Hall–Kier alpha value is -2.07. The Balaban J connectivity index is 1.74. The quantitative estimate of drug-likeness (QED) is 0.741. The van der Waals surface area contributed by atoms with Crippen molar-refractivity contribution in [2.75, 3.05) is 11.6 Å². The molecule has 3 rings (SSSR count). The summed E-state index contributed by atoms with van der Waals surface area (Å²) in [5, 5.41) is 1.83. The van der Waals surface area contributed by atoms with Gasteiger partial charge in [-0.3, -0.25) is 4.79 Å². The monoisotopic (exact) mass is 357 g/mol. The number of hydrogen-bond donors (Lipinski definition) is 0. The van der Waals surface area contributed by atoms with Gasteiger partial charge in [-0.1, -0.05) is 22.9 Å². The first kappa shape index (κ1) is 14.9. The van der Waals surface area contributed by atoms with Crippen LogP contribution in [0.4, 0.5) is 5.69 Å². The molecule has 0 N–H and O–H groups in total. The Labute approximate surface area is 138 Å². The zero-order chi connectivity index (χ0) is 15.5. The zero-order valence-corrected chi connectivity index (χ0v) is 13.8. The van der Waals surface area contributed by atoms with E-state index in [2.05, 4.69) is 28.9 Å². The van der Waals surface area contributed by atoms with Gasteiger partial charge < -0.3 is 4.84 Å². The number of hydrogen-bond acceptors (Lipinski definition) is 3. The van der Waals surface area contributed by atoms with E-state index in [1.807, 2.05) is 53.6 Å². The van der Waals surface area contributed by atoms with Crippen molar-refractivity contribution in [1.29, 1.82) is 0 Å². The molecule has 112 valence electrons. The highest BCUT2D eigenvalue weighted by molar-refractivity contribution is 9.10. The molecular formula is C18H16BrNO2. The maximum absolute atomic E-state index is 12.4. The van der Waals surface area contributed by atoms with Gasteiger partial charge in [-0.05, 0) is 54.6 Å². The lowest BCUT2D eigenvalue weighted by Crippen LogP contribution is -2.17. The van der Waals surface area contributed by atoms with Crippen LogP contribution in [0.15, 0.2) is 64.8 Å². The lowest BCUT2D eigenvalue weighted by Gasteiger charge is -2.18. The summed E-state index contributed by atoms with van der Waals surface area (Å²) in [4.78, 5) is 18.1. The number of anilines is 1. The van der Waals surface area contributed by atoms with Crippen LogP contribution in [0.5, 0.6) is 0 Å². The van der Waals surface area contributed by atoms with Crippen LogP contribution in [0.3, 0.4) is 0 Å². The van der Waals surface area contributed by atoms with E-state index in [-0.39, 0.29) is 5.78 Å². The number of hydroxylamine groups is 1. The second kappa shape index (κ2) is 6.36. The van der Waals surface area contributed by atoms with Crippen LogP contribution in [0.2, 0.25) is 0 Å². The summed E-state index contributed by atoms with van der Waals surface area (Å²) < 4.78 is 0.963. The van der Waals surface area contributed by atoms with E-state index in [1.54, 1.807) is 0 Å². The Kier molecular flexibility index (Phi) is 4.29. The molecule has 0 fully saturated rings. The fourth-order valence-corrected chi connectivity index (χ4v) is 2.58. The minimum atomic E-state index is 0.0220. The molecule has 0 saturated heterocycles. The third-order valence-corrected chi connectivity index (χ3v) is 4.11. The maximum Gasteiger partial charge on any atom is 0.193 e. The Bertz CT molecular complexity index is 705. The first-order valence-corrected chi connectivity index (χ1v) is 8.01. The molecular weight excluding hydrogens is 342 g/mol. The summed E-state index contributed by atoms with van der Waals surface area (Å²) in [7, 11) is 0. The molecule has 22 heavy (non-hydrogen) atoms. The molecule has 1 aliphatic heterocycles. The highest BCUT2D eigenvalue weighted by atomic mass is 79.9. The summed E-state index contributed by atoms with van der Waals surface area (Å²) >= 11 is 3.37. The fraction of sp³-hybridized carbons (Fsp3) is 0.167. The SMILES string of the molecule is CCC1=CCN(c2ccc(C(=O)c3ccc(Br)cc3)cc2)O1. The average molecular weight is 358 g/mol. The van der Waals surface area contributed by atoms with Crippen LogP contribution in [0, 0.1) is 0 Å². The minimum absolute atomic E-state index is 0.0220. The van der Waals surface area contributed by atoms with Gasteiger partial charge in [-0.2, -0.15) is 0 Å². The molecule has 0 atom stereocenters. The predicted octanol–water partition coefficient (Wildman–Crippen LogP) is 4.73. The predicted molar refractivity (Wildman–Crippen MR) is 90.8 cm³/mol. The van der Waals surface area contributed by atoms with E-state index < -0.39 is 0 Å². The minimum Gasteiger partial charge on any atom is -0.384 e. The Morgan fingerprint density at radius 1 is 1.09 bits per heavy atom. The van der Waals surface area contributed by atoms with Crippen LogP contribution < -0.4 is 5.06 Å². The van der Waals surface area contributed by atoms with Crippen molar-refractivity contribution in [3.05, 3.63) is 76.0 Å². The molecule has 2 aromatic rings. The van der Waals surface area contributed by atoms with E-state index in [0.717, 1.165) is 28.9 Å². The van der Waals surface area contributed by atoms with Gasteiger partial charge in [0.15, 0.2) is 5.78 Å². The van der Waals surface area contributed by atoms with Crippen molar-refractivity contribution in [3.8, 4) is 0 Å². The molecule has 0 radical (unpaired) electrons. The number of rotatable bonds is 4. The van der Waals surface area contributed by atoms with Crippen molar-refractivity contribution in [3.63, 3.8) is 0 Å². The van der Waals surface area contributed by atoms with Crippen molar-refractivity contribution < 1.29 is 9.63 Å². The molecule has 3 nitrogen and oxygen atoms in total. The van der Waals surface area contributed by atoms with Crippen LogP contribution in [-0.4, -0.2) is 12.3 Å². The van der Waals surface area contributed by atoms with Gasteiger partial charge in [0.25, 0.3) is 0 Å². The number of carbonyl (C=O) groups excluding carboxylic acids is 1. The Morgan fingerprint density at radius 2 is 1.68 bits per heavy atom. The summed E-state index contributed by atoms with van der Waals surface area (Å²) in [6, 6.07) is 14.9. The van der Waals surface area contributed by atoms with Crippen molar-refractivity contribution >= 4 is 27.4 Å². The maximum atomic E-state index is 12.4. The normalized spacial score (nSPS) is 13.7. The molecule has 0 aliphatic carbocycles. The van der Waals surface area contributed by atoms with Crippen LogP contribution in [0.1, 0.15) is 29.3 Å². The van der Waals surface area contributed by atoms with Crippen LogP contribution >= 0.6 is 15.9 Å². The largest absolute Gasteiger partial charge is 0.384 e. The number of nitrogens with zero attached hydrogens (tertiary/aromatic N) is 1. The molecule has 2 aromatic carbocycles. The van der Waals surface area contributed by atoms with Crippen LogP contribution in [0.25, 0.3) is 0 Å². The van der Waals surface area contributed by atoms with E-state index in [9.17, 15) is 4.79 Å². The molecule has 0 bridgehead atoms. The number of halogens is 1. The van der Waals surface area contributed by atoms with Crippen molar-refractivity contribution in [2.24, 2.45) is 0 Å². The first-order valence-electron chi connectivity index (χ1n) is 7.22. The Morgan fingerprint density at radius 3 is 2.23 bits per heavy atom. The highest BCUT2D eigenvalue weighted by Crippen LogP contribution is 2.24. The zero-order valence-electron chi connectivity index (χ0n) is 12.3. The molecule has 1 aliphatic rings. The molecule has 0 saturated carbocycles. The molecule has 0 aromatic heterocycles. The highest BCUT2D eigenvalue weighted by Gasteiger charge is 2.16. The first-order chi connectivity index (χ1) is 10.7.